The third-order valence-electron chi connectivity index (χ3n) is 4.67. The van der Waals surface area contributed by atoms with Gasteiger partial charge in [-0.2, -0.15) is 0 Å². The summed E-state index contributed by atoms with van der Waals surface area (Å²) < 4.78 is 11.3. The molecule has 108 valence electrons. The van der Waals surface area contributed by atoms with E-state index in [1.807, 2.05) is 18.2 Å². The molecule has 1 aromatic rings. The fourth-order valence-electron chi connectivity index (χ4n) is 3.20. The Morgan fingerprint density at radius 3 is 2.95 bits per heavy atom. The summed E-state index contributed by atoms with van der Waals surface area (Å²) in [6.45, 7) is 4.35. The fourth-order valence-corrected chi connectivity index (χ4v) is 3.20. The monoisotopic (exact) mass is 274 g/mol. The first-order chi connectivity index (χ1) is 9.67. The summed E-state index contributed by atoms with van der Waals surface area (Å²) in [5, 5.41) is 0. The number of rotatable bonds is 4. The maximum absolute atomic E-state index is 12.3. The average Bonchev–Trinajstić information content (AvgIpc) is 3.09. The van der Waals surface area contributed by atoms with Crippen molar-refractivity contribution in [1.82, 2.24) is 0 Å². The molecule has 2 saturated heterocycles. The topological polar surface area (TPSA) is 35.5 Å². The lowest BCUT2D eigenvalue weighted by Gasteiger charge is -2.17. The van der Waals surface area contributed by atoms with Crippen molar-refractivity contribution >= 4 is 5.97 Å². The molecule has 0 amide bonds. The van der Waals surface area contributed by atoms with Crippen LogP contribution in [-0.2, 0) is 9.53 Å². The first kappa shape index (κ1) is 13.6. The summed E-state index contributed by atoms with van der Waals surface area (Å²) in [6.07, 6.45) is 4.37. The number of carbonyl (C=O) groups is 1. The van der Waals surface area contributed by atoms with Crippen molar-refractivity contribution in [3.05, 3.63) is 29.8 Å². The van der Waals surface area contributed by atoms with Gasteiger partial charge in [0.25, 0.3) is 0 Å². The zero-order valence-corrected chi connectivity index (χ0v) is 12.2. The molecule has 2 aliphatic heterocycles. The van der Waals surface area contributed by atoms with Crippen molar-refractivity contribution < 1.29 is 14.3 Å². The number of fused-ring (bicyclic) bond motifs is 2. The average molecular weight is 274 g/mol. The van der Waals surface area contributed by atoms with Crippen LogP contribution in [-0.4, -0.2) is 18.2 Å². The number of hydrogen-bond acceptors (Lipinski definition) is 3. The van der Waals surface area contributed by atoms with E-state index in [9.17, 15) is 4.79 Å². The second kappa shape index (κ2) is 5.57. The summed E-state index contributed by atoms with van der Waals surface area (Å²) in [4.78, 5) is 12.3. The van der Waals surface area contributed by atoms with Crippen molar-refractivity contribution in [1.29, 1.82) is 0 Å². The molecular formula is C17H22O3. The van der Waals surface area contributed by atoms with E-state index >= 15 is 0 Å². The zero-order valence-electron chi connectivity index (χ0n) is 12.2. The molecule has 4 atom stereocenters. The zero-order chi connectivity index (χ0) is 14.1. The van der Waals surface area contributed by atoms with Crippen LogP contribution in [0.2, 0.25) is 0 Å². The second-order valence-corrected chi connectivity index (χ2v) is 6.02. The van der Waals surface area contributed by atoms with Gasteiger partial charge in [-0.15, -0.1) is 0 Å². The van der Waals surface area contributed by atoms with Gasteiger partial charge in [-0.05, 0) is 49.3 Å². The summed E-state index contributed by atoms with van der Waals surface area (Å²) >= 11 is 0. The van der Waals surface area contributed by atoms with E-state index in [4.69, 9.17) is 9.47 Å². The fraction of sp³-hybridized carbons (Fsp3) is 0.588. The highest BCUT2D eigenvalue weighted by Gasteiger charge is 2.45. The Morgan fingerprint density at radius 1 is 1.45 bits per heavy atom. The van der Waals surface area contributed by atoms with Gasteiger partial charge in [-0.25, -0.2) is 0 Å². The van der Waals surface area contributed by atoms with Gasteiger partial charge in [-0.1, -0.05) is 26.0 Å². The Hall–Kier alpha value is -1.35. The predicted octanol–water partition coefficient (Wildman–Crippen LogP) is 3.67. The summed E-state index contributed by atoms with van der Waals surface area (Å²) in [5.74, 6) is 0.953. The maximum atomic E-state index is 12.3. The first-order valence-electron chi connectivity index (χ1n) is 7.64. The van der Waals surface area contributed by atoms with Gasteiger partial charge >= 0.3 is 5.97 Å². The van der Waals surface area contributed by atoms with Crippen LogP contribution in [0.5, 0.6) is 5.75 Å². The molecule has 3 heteroatoms. The lowest BCUT2D eigenvalue weighted by Crippen LogP contribution is -2.29. The largest absolute Gasteiger partial charge is 0.426 e. The Kier molecular flexibility index (Phi) is 3.79. The molecule has 0 saturated carbocycles. The molecule has 4 unspecified atom stereocenters. The number of ether oxygens (including phenoxy) is 2. The second-order valence-electron chi connectivity index (χ2n) is 6.02. The number of hydrogen-bond donors (Lipinski definition) is 0. The molecule has 1 aromatic carbocycles. The minimum absolute atomic E-state index is 0.0685. The highest BCUT2D eigenvalue weighted by molar-refractivity contribution is 5.76. The van der Waals surface area contributed by atoms with Gasteiger partial charge in [-0.3, -0.25) is 4.79 Å². The van der Waals surface area contributed by atoms with Crippen molar-refractivity contribution in [3.8, 4) is 5.75 Å². The SMILES string of the molecule is CCC(C)c1cccc(OC(=O)C2CC3CCC2O3)c1. The van der Waals surface area contributed by atoms with E-state index in [1.54, 1.807) is 0 Å². The Balaban J connectivity index is 1.67. The predicted molar refractivity (Wildman–Crippen MR) is 76.8 cm³/mol. The van der Waals surface area contributed by atoms with Crippen LogP contribution in [0.1, 0.15) is 51.0 Å². The smallest absolute Gasteiger partial charge is 0.317 e. The van der Waals surface area contributed by atoms with Crippen LogP contribution in [0.25, 0.3) is 0 Å². The van der Waals surface area contributed by atoms with Gasteiger partial charge in [0.05, 0.1) is 18.1 Å². The van der Waals surface area contributed by atoms with Gasteiger partial charge in [0.2, 0.25) is 0 Å². The van der Waals surface area contributed by atoms with Crippen LogP contribution in [0, 0.1) is 5.92 Å². The Morgan fingerprint density at radius 2 is 2.30 bits per heavy atom. The van der Waals surface area contributed by atoms with Crippen LogP contribution >= 0.6 is 0 Å². The van der Waals surface area contributed by atoms with Gasteiger partial charge in [0.15, 0.2) is 0 Å². The van der Waals surface area contributed by atoms with Crippen molar-refractivity contribution in [2.75, 3.05) is 0 Å². The molecule has 0 radical (unpaired) electrons. The summed E-state index contributed by atoms with van der Waals surface area (Å²) in [7, 11) is 0. The third-order valence-corrected chi connectivity index (χ3v) is 4.67. The van der Waals surface area contributed by atoms with E-state index in [2.05, 4.69) is 19.9 Å². The number of esters is 1. The normalized spacial score (nSPS) is 29.4. The van der Waals surface area contributed by atoms with Crippen molar-refractivity contribution in [3.63, 3.8) is 0 Å². The van der Waals surface area contributed by atoms with Crippen LogP contribution in [0.3, 0.4) is 0 Å². The molecule has 3 nitrogen and oxygen atoms in total. The Bertz CT molecular complexity index is 497. The molecule has 2 heterocycles. The standard InChI is InChI=1S/C17H22O3/c1-3-11(2)12-5-4-6-13(9-12)20-17(18)15-10-14-7-8-16(15)19-14/h4-6,9,11,14-16H,3,7-8,10H2,1-2H3. The molecule has 0 N–H and O–H groups in total. The number of benzene rings is 1. The van der Waals surface area contributed by atoms with Gasteiger partial charge in [0, 0.05) is 0 Å². The first-order valence-corrected chi connectivity index (χ1v) is 7.64. The molecule has 0 aromatic heterocycles. The van der Waals surface area contributed by atoms with E-state index in [1.165, 1.54) is 5.56 Å². The molecule has 0 spiro atoms. The molecule has 2 bridgehead atoms. The van der Waals surface area contributed by atoms with Crippen LogP contribution < -0.4 is 4.74 Å². The molecule has 0 aliphatic carbocycles. The van der Waals surface area contributed by atoms with Crippen LogP contribution in [0.15, 0.2) is 24.3 Å². The molecular weight excluding hydrogens is 252 g/mol. The summed E-state index contributed by atoms with van der Waals surface area (Å²) in [6, 6.07) is 7.89. The highest BCUT2D eigenvalue weighted by Crippen LogP contribution is 2.39. The maximum Gasteiger partial charge on any atom is 0.317 e. The quantitative estimate of drug-likeness (QED) is 0.620. The minimum Gasteiger partial charge on any atom is -0.426 e. The highest BCUT2D eigenvalue weighted by atomic mass is 16.5. The van der Waals surface area contributed by atoms with Crippen molar-refractivity contribution in [2.24, 2.45) is 5.92 Å². The van der Waals surface area contributed by atoms with E-state index in [-0.39, 0.29) is 24.1 Å². The van der Waals surface area contributed by atoms with Gasteiger partial charge in [0.1, 0.15) is 5.75 Å². The van der Waals surface area contributed by atoms with Crippen molar-refractivity contribution in [2.45, 2.75) is 57.7 Å². The van der Waals surface area contributed by atoms with E-state index in [0.717, 1.165) is 25.7 Å². The van der Waals surface area contributed by atoms with Gasteiger partial charge < -0.3 is 9.47 Å². The third kappa shape index (κ3) is 2.59. The summed E-state index contributed by atoms with van der Waals surface area (Å²) in [5.41, 5.74) is 1.22. The van der Waals surface area contributed by atoms with E-state index in [0.29, 0.717) is 11.7 Å². The minimum atomic E-state index is -0.126. The van der Waals surface area contributed by atoms with Crippen LogP contribution in [0.4, 0.5) is 0 Å². The molecule has 3 rings (SSSR count). The Labute approximate surface area is 120 Å². The lowest BCUT2D eigenvalue weighted by atomic mass is 9.89. The number of carbonyl (C=O) groups excluding carboxylic acids is 1. The molecule has 20 heavy (non-hydrogen) atoms. The lowest BCUT2D eigenvalue weighted by molar-refractivity contribution is -0.140. The molecule has 2 fully saturated rings. The van der Waals surface area contributed by atoms with E-state index < -0.39 is 0 Å². The molecule has 2 aliphatic rings.